The van der Waals surface area contributed by atoms with E-state index in [2.05, 4.69) is 38.2 Å². The van der Waals surface area contributed by atoms with E-state index in [1.165, 1.54) is 5.56 Å². The van der Waals surface area contributed by atoms with Crippen LogP contribution >= 0.6 is 11.6 Å². The van der Waals surface area contributed by atoms with Crippen LogP contribution in [0.5, 0.6) is 0 Å². The lowest BCUT2D eigenvalue weighted by molar-refractivity contribution is -0.120. The second kappa shape index (κ2) is 8.76. The van der Waals surface area contributed by atoms with Crippen molar-refractivity contribution in [3.05, 3.63) is 64.2 Å². The monoisotopic (exact) mass is 436 g/mol. The zero-order valence-corrected chi connectivity index (χ0v) is 19.4. The number of hydrogen-bond acceptors (Lipinski definition) is 3. The molecule has 0 spiro atoms. The van der Waals surface area contributed by atoms with E-state index in [1.807, 2.05) is 26.0 Å². The highest BCUT2D eigenvalue weighted by Gasteiger charge is 2.22. The molecule has 29 heavy (non-hydrogen) atoms. The topological polar surface area (TPSA) is 66.5 Å². The van der Waals surface area contributed by atoms with Crippen molar-refractivity contribution in [3.8, 4) is 0 Å². The van der Waals surface area contributed by atoms with Crippen molar-refractivity contribution in [1.82, 2.24) is 5.32 Å². The van der Waals surface area contributed by atoms with E-state index in [0.29, 0.717) is 10.7 Å². The maximum Gasteiger partial charge on any atom is 0.241 e. The van der Waals surface area contributed by atoms with Crippen LogP contribution in [0.1, 0.15) is 50.4 Å². The number of rotatable bonds is 6. The molecule has 158 valence electrons. The second-order valence-electron chi connectivity index (χ2n) is 8.36. The predicted octanol–water partition coefficient (Wildman–Crippen LogP) is 4.59. The van der Waals surface area contributed by atoms with Gasteiger partial charge in [0, 0.05) is 5.02 Å². The summed E-state index contributed by atoms with van der Waals surface area (Å²) in [6.07, 6.45) is 1.07. The summed E-state index contributed by atoms with van der Waals surface area (Å²) in [4.78, 5) is 12.6. The van der Waals surface area contributed by atoms with Gasteiger partial charge in [-0.25, -0.2) is 8.42 Å². The van der Waals surface area contributed by atoms with E-state index in [1.54, 1.807) is 18.2 Å². The summed E-state index contributed by atoms with van der Waals surface area (Å²) in [6, 6.07) is 12.8. The van der Waals surface area contributed by atoms with Gasteiger partial charge in [-0.1, -0.05) is 62.7 Å². The molecule has 0 aliphatic carbocycles. The number of nitrogens with one attached hydrogen (secondary N) is 1. The fourth-order valence-corrected chi connectivity index (χ4v) is 3.93. The molecule has 0 fully saturated rings. The molecule has 0 saturated carbocycles. The molecule has 1 amide bonds. The number of hydrogen-bond donors (Lipinski definition) is 1. The lowest BCUT2D eigenvalue weighted by Crippen LogP contribution is -2.41. The van der Waals surface area contributed by atoms with Crippen LogP contribution in [0.25, 0.3) is 0 Å². The van der Waals surface area contributed by atoms with Crippen LogP contribution in [0.3, 0.4) is 0 Å². The fraction of sp³-hybridized carbons (Fsp3) is 0.409. The minimum Gasteiger partial charge on any atom is -0.348 e. The number of carbonyl (C=O) groups excluding carboxylic acids is 1. The predicted molar refractivity (Wildman–Crippen MR) is 120 cm³/mol. The number of sulfonamides is 1. The van der Waals surface area contributed by atoms with Crippen LogP contribution in [0.15, 0.2) is 42.5 Å². The standard InChI is InChI=1S/C22H29ClN2O3S/c1-15-7-12-19(13-20(15)23)25(29(6,27)28)14-21(26)24-16(2)17-8-10-18(11-9-17)22(3,4)5/h7-13,16H,14H2,1-6H3,(H,24,26)/t16-/m1/s1. The number of carbonyl (C=O) groups is 1. The Balaban J connectivity index is 2.14. The van der Waals surface area contributed by atoms with E-state index >= 15 is 0 Å². The van der Waals surface area contributed by atoms with Gasteiger partial charge >= 0.3 is 0 Å². The van der Waals surface area contributed by atoms with Crippen molar-refractivity contribution in [1.29, 1.82) is 0 Å². The molecule has 0 unspecified atom stereocenters. The Bertz CT molecular complexity index is 980. The molecule has 2 aromatic rings. The third-order valence-electron chi connectivity index (χ3n) is 4.79. The molecule has 0 radical (unpaired) electrons. The van der Waals surface area contributed by atoms with Gasteiger partial charge in [-0.15, -0.1) is 0 Å². The molecule has 5 nitrogen and oxygen atoms in total. The van der Waals surface area contributed by atoms with Gasteiger partial charge in [0.2, 0.25) is 15.9 Å². The molecule has 7 heteroatoms. The molecule has 0 bridgehead atoms. The van der Waals surface area contributed by atoms with Gasteiger partial charge < -0.3 is 5.32 Å². The first-order chi connectivity index (χ1) is 13.3. The third kappa shape index (κ3) is 6.21. The Morgan fingerprint density at radius 3 is 2.21 bits per heavy atom. The second-order valence-corrected chi connectivity index (χ2v) is 10.7. The lowest BCUT2D eigenvalue weighted by Gasteiger charge is -2.24. The number of nitrogens with zero attached hydrogens (tertiary/aromatic N) is 1. The molecule has 2 rings (SSSR count). The highest BCUT2D eigenvalue weighted by molar-refractivity contribution is 7.92. The van der Waals surface area contributed by atoms with Gasteiger partial charge in [0.25, 0.3) is 0 Å². The lowest BCUT2D eigenvalue weighted by atomic mass is 9.86. The summed E-state index contributed by atoms with van der Waals surface area (Å²) in [5.41, 5.74) is 3.41. The number of anilines is 1. The van der Waals surface area contributed by atoms with E-state index < -0.39 is 10.0 Å². The Hall–Kier alpha value is -2.05. The quantitative estimate of drug-likeness (QED) is 0.720. The third-order valence-corrected chi connectivity index (χ3v) is 6.33. The summed E-state index contributed by atoms with van der Waals surface area (Å²) in [5, 5.41) is 3.32. The van der Waals surface area contributed by atoms with Crippen molar-refractivity contribution in [2.24, 2.45) is 0 Å². The molecule has 2 aromatic carbocycles. The molecular weight excluding hydrogens is 408 g/mol. The van der Waals surface area contributed by atoms with Crippen molar-refractivity contribution in [2.75, 3.05) is 17.1 Å². The van der Waals surface area contributed by atoms with Crippen LogP contribution in [0.4, 0.5) is 5.69 Å². The highest BCUT2D eigenvalue weighted by Crippen LogP contribution is 2.26. The molecule has 0 saturated heterocycles. The number of aryl methyl sites for hydroxylation is 1. The van der Waals surface area contributed by atoms with Gasteiger partial charge in [0.1, 0.15) is 6.54 Å². The Morgan fingerprint density at radius 1 is 1.14 bits per heavy atom. The van der Waals surface area contributed by atoms with Crippen molar-refractivity contribution < 1.29 is 13.2 Å². The van der Waals surface area contributed by atoms with Crippen LogP contribution in [-0.4, -0.2) is 27.1 Å². The van der Waals surface area contributed by atoms with E-state index in [4.69, 9.17) is 11.6 Å². The SMILES string of the molecule is Cc1ccc(N(CC(=O)N[C@H](C)c2ccc(C(C)(C)C)cc2)S(C)(=O)=O)cc1Cl. The maximum atomic E-state index is 12.6. The molecule has 0 aromatic heterocycles. The highest BCUT2D eigenvalue weighted by atomic mass is 35.5. The molecule has 1 atom stereocenters. The summed E-state index contributed by atoms with van der Waals surface area (Å²) >= 11 is 6.13. The Kier molecular flexibility index (Phi) is 7.01. The minimum absolute atomic E-state index is 0.0519. The number of amides is 1. The Labute approximate surface area is 179 Å². The number of halogens is 1. The maximum absolute atomic E-state index is 12.6. The molecule has 0 aliphatic rings. The fourth-order valence-electron chi connectivity index (χ4n) is 2.91. The van der Waals surface area contributed by atoms with Crippen LogP contribution in [0.2, 0.25) is 5.02 Å². The molecule has 0 aliphatic heterocycles. The number of benzene rings is 2. The Morgan fingerprint density at radius 2 is 1.72 bits per heavy atom. The largest absolute Gasteiger partial charge is 0.348 e. The first kappa shape index (κ1) is 23.2. The minimum atomic E-state index is -3.65. The van der Waals surface area contributed by atoms with Crippen molar-refractivity contribution in [3.63, 3.8) is 0 Å². The summed E-state index contributed by atoms with van der Waals surface area (Å²) in [5.74, 6) is -0.389. The van der Waals surface area contributed by atoms with Crippen LogP contribution in [-0.2, 0) is 20.2 Å². The van der Waals surface area contributed by atoms with E-state index in [0.717, 1.165) is 21.7 Å². The van der Waals surface area contributed by atoms with Crippen LogP contribution < -0.4 is 9.62 Å². The van der Waals surface area contributed by atoms with Crippen molar-refractivity contribution in [2.45, 2.75) is 46.1 Å². The van der Waals surface area contributed by atoms with Gasteiger partial charge in [-0.05, 0) is 48.1 Å². The first-order valence-corrected chi connectivity index (χ1v) is 11.7. The summed E-state index contributed by atoms with van der Waals surface area (Å²) in [7, 11) is -3.65. The molecule has 1 N–H and O–H groups in total. The zero-order chi connectivity index (χ0) is 22.0. The average molecular weight is 437 g/mol. The molecule has 0 heterocycles. The normalized spacial score (nSPS) is 13.1. The van der Waals surface area contributed by atoms with Gasteiger partial charge in [0.05, 0.1) is 18.0 Å². The van der Waals surface area contributed by atoms with E-state index in [9.17, 15) is 13.2 Å². The van der Waals surface area contributed by atoms with Gasteiger partial charge in [-0.2, -0.15) is 0 Å². The zero-order valence-electron chi connectivity index (χ0n) is 17.8. The smallest absolute Gasteiger partial charge is 0.241 e. The van der Waals surface area contributed by atoms with E-state index in [-0.39, 0.29) is 23.9 Å². The average Bonchev–Trinajstić information content (AvgIpc) is 2.60. The molecular formula is C22H29ClN2O3S. The van der Waals surface area contributed by atoms with Gasteiger partial charge in [0.15, 0.2) is 0 Å². The summed E-state index contributed by atoms with van der Waals surface area (Å²) < 4.78 is 25.6. The van der Waals surface area contributed by atoms with Gasteiger partial charge in [-0.3, -0.25) is 9.10 Å². The van der Waals surface area contributed by atoms with Crippen LogP contribution in [0, 0.1) is 6.92 Å². The summed E-state index contributed by atoms with van der Waals surface area (Å²) in [6.45, 7) is 9.81. The first-order valence-electron chi connectivity index (χ1n) is 9.42. The van der Waals surface area contributed by atoms with Crippen molar-refractivity contribution >= 4 is 33.2 Å².